The molecule has 1 aromatic rings. The van der Waals surface area contributed by atoms with Crippen LogP contribution in [0.1, 0.15) is 24.1 Å². The first-order valence-electron chi connectivity index (χ1n) is 4.84. The van der Waals surface area contributed by atoms with Gasteiger partial charge in [-0.3, -0.25) is 0 Å². The van der Waals surface area contributed by atoms with Crippen molar-refractivity contribution in [2.75, 3.05) is 13.2 Å². The lowest BCUT2D eigenvalue weighted by molar-refractivity contribution is 0.171. The SMILES string of the molecule is Cc1cc2c(cc1C(C)N)OCCO2. The Balaban J connectivity index is 2.45. The van der Waals surface area contributed by atoms with Gasteiger partial charge in [0, 0.05) is 6.04 Å². The lowest BCUT2D eigenvalue weighted by atomic mass is 10.0. The molecule has 1 heterocycles. The normalized spacial score (nSPS) is 16.5. The van der Waals surface area contributed by atoms with Crippen molar-refractivity contribution >= 4 is 0 Å². The van der Waals surface area contributed by atoms with Crippen molar-refractivity contribution in [2.45, 2.75) is 19.9 Å². The first-order chi connectivity index (χ1) is 6.68. The zero-order valence-electron chi connectivity index (χ0n) is 8.54. The van der Waals surface area contributed by atoms with Crippen LogP contribution in [0.4, 0.5) is 0 Å². The Labute approximate surface area is 83.8 Å². The Bertz CT molecular complexity index is 347. The van der Waals surface area contributed by atoms with E-state index in [0.29, 0.717) is 13.2 Å². The molecular formula is C11H15NO2. The highest BCUT2D eigenvalue weighted by atomic mass is 16.6. The molecule has 1 aromatic carbocycles. The summed E-state index contributed by atoms with van der Waals surface area (Å²) >= 11 is 0. The first kappa shape index (κ1) is 9.34. The summed E-state index contributed by atoms with van der Waals surface area (Å²) in [5.74, 6) is 1.65. The van der Waals surface area contributed by atoms with Crippen LogP contribution in [-0.2, 0) is 0 Å². The molecular weight excluding hydrogens is 178 g/mol. The second kappa shape index (κ2) is 3.50. The third kappa shape index (κ3) is 1.55. The molecule has 14 heavy (non-hydrogen) atoms. The Morgan fingerprint density at radius 1 is 1.21 bits per heavy atom. The molecule has 1 atom stereocenters. The van der Waals surface area contributed by atoms with Crippen LogP contribution in [0.15, 0.2) is 12.1 Å². The van der Waals surface area contributed by atoms with Crippen LogP contribution >= 0.6 is 0 Å². The van der Waals surface area contributed by atoms with Gasteiger partial charge in [-0.05, 0) is 37.1 Å². The molecule has 1 unspecified atom stereocenters. The van der Waals surface area contributed by atoms with E-state index in [-0.39, 0.29) is 6.04 Å². The average molecular weight is 193 g/mol. The van der Waals surface area contributed by atoms with Gasteiger partial charge in [0.1, 0.15) is 13.2 Å². The highest BCUT2D eigenvalue weighted by Gasteiger charge is 2.15. The Morgan fingerprint density at radius 3 is 2.36 bits per heavy atom. The summed E-state index contributed by atoms with van der Waals surface area (Å²) in [5.41, 5.74) is 8.13. The van der Waals surface area contributed by atoms with Gasteiger partial charge in [-0.2, -0.15) is 0 Å². The van der Waals surface area contributed by atoms with E-state index in [1.165, 1.54) is 0 Å². The number of fused-ring (bicyclic) bond motifs is 1. The molecule has 2 N–H and O–H groups in total. The third-order valence-corrected chi connectivity index (χ3v) is 2.42. The Morgan fingerprint density at radius 2 is 1.79 bits per heavy atom. The summed E-state index contributed by atoms with van der Waals surface area (Å²) in [5, 5.41) is 0. The fraction of sp³-hybridized carbons (Fsp3) is 0.455. The van der Waals surface area contributed by atoms with Crippen molar-refractivity contribution in [3.63, 3.8) is 0 Å². The standard InChI is InChI=1S/C11H15NO2/c1-7-5-10-11(14-4-3-13-10)6-9(7)8(2)12/h5-6,8H,3-4,12H2,1-2H3. The summed E-state index contributed by atoms with van der Waals surface area (Å²) in [6.45, 7) is 5.26. The molecule has 0 aromatic heterocycles. The zero-order chi connectivity index (χ0) is 10.1. The molecule has 0 spiro atoms. The van der Waals surface area contributed by atoms with Crippen LogP contribution in [0.2, 0.25) is 0 Å². The molecule has 1 aliphatic rings. The van der Waals surface area contributed by atoms with Crippen molar-refractivity contribution in [1.82, 2.24) is 0 Å². The van der Waals surface area contributed by atoms with Gasteiger partial charge in [-0.1, -0.05) is 0 Å². The van der Waals surface area contributed by atoms with Crippen LogP contribution in [0.3, 0.4) is 0 Å². The van der Waals surface area contributed by atoms with Gasteiger partial charge < -0.3 is 15.2 Å². The molecule has 2 rings (SSSR count). The van der Waals surface area contributed by atoms with Gasteiger partial charge in [0.25, 0.3) is 0 Å². The molecule has 0 radical (unpaired) electrons. The van der Waals surface area contributed by atoms with E-state index in [4.69, 9.17) is 15.2 Å². The van der Waals surface area contributed by atoms with Crippen molar-refractivity contribution in [2.24, 2.45) is 5.73 Å². The number of aryl methyl sites for hydroxylation is 1. The second-order valence-electron chi connectivity index (χ2n) is 3.64. The molecule has 3 nitrogen and oxygen atoms in total. The number of rotatable bonds is 1. The van der Waals surface area contributed by atoms with Gasteiger partial charge >= 0.3 is 0 Å². The fourth-order valence-electron chi connectivity index (χ4n) is 1.70. The zero-order valence-corrected chi connectivity index (χ0v) is 8.54. The smallest absolute Gasteiger partial charge is 0.161 e. The third-order valence-electron chi connectivity index (χ3n) is 2.42. The number of ether oxygens (including phenoxy) is 2. The summed E-state index contributed by atoms with van der Waals surface area (Å²) in [4.78, 5) is 0. The molecule has 0 amide bonds. The highest BCUT2D eigenvalue weighted by Crippen LogP contribution is 2.34. The summed E-state index contributed by atoms with van der Waals surface area (Å²) in [7, 11) is 0. The van der Waals surface area contributed by atoms with Gasteiger partial charge in [0.2, 0.25) is 0 Å². The van der Waals surface area contributed by atoms with E-state index in [1.807, 2.05) is 26.0 Å². The van der Waals surface area contributed by atoms with Gasteiger partial charge in [0.05, 0.1) is 0 Å². The largest absolute Gasteiger partial charge is 0.486 e. The Hall–Kier alpha value is -1.22. The van der Waals surface area contributed by atoms with Crippen LogP contribution in [0.25, 0.3) is 0 Å². The molecule has 3 heteroatoms. The number of nitrogens with two attached hydrogens (primary N) is 1. The maximum absolute atomic E-state index is 5.85. The maximum atomic E-state index is 5.85. The minimum Gasteiger partial charge on any atom is -0.486 e. The molecule has 0 fully saturated rings. The van der Waals surface area contributed by atoms with E-state index < -0.39 is 0 Å². The quantitative estimate of drug-likeness (QED) is 0.739. The van der Waals surface area contributed by atoms with E-state index in [9.17, 15) is 0 Å². The van der Waals surface area contributed by atoms with Gasteiger partial charge in [-0.15, -0.1) is 0 Å². The van der Waals surface area contributed by atoms with Gasteiger partial charge in [0.15, 0.2) is 11.5 Å². The predicted octanol–water partition coefficient (Wildman–Crippen LogP) is 1.79. The summed E-state index contributed by atoms with van der Waals surface area (Å²) in [6.07, 6.45) is 0. The average Bonchev–Trinajstić information content (AvgIpc) is 2.16. The summed E-state index contributed by atoms with van der Waals surface area (Å²) < 4.78 is 11.0. The van der Waals surface area contributed by atoms with Crippen molar-refractivity contribution in [3.8, 4) is 11.5 Å². The minimum atomic E-state index is 0.0332. The molecule has 76 valence electrons. The second-order valence-corrected chi connectivity index (χ2v) is 3.64. The van der Waals surface area contributed by atoms with E-state index in [1.54, 1.807) is 0 Å². The molecule has 1 aliphatic heterocycles. The van der Waals surface area contributed by atoms with Crippen LogP contribution < -0.4 is 15.2 Å². The highest BCUT2D eigenvalue weighted by molar-refractivity contribution is 5.48. The predicted molar refractivity (Wildman–Crippen MR) is 54.8 cm³/mol. The number of hydrogen-bond acceptors (Lipinski definition) is 3. The molecule has 0 aliphatic carbocycles. The summed E-state index contributed by atoms with van der Waals surface area (Å²) in [6, 6.07) is 4.01. The van der Waals surface area contributed by atoms with Crippen molar-refractivity contribution < 1.29 is 9.47 Å². The maximum Gasteiger partial charge on any atom is 0.161 e. The molecule has 0 saturated heterocycles. The number of hydrogen-bond donors (Lipinski definition) is 1. The lowest BCUT2D eigenvalue weighted by Gasteiger charge is -2.21. The van der Waals surface area contributed by atoms with E-state index >= 15 is 0 Å². The molecule has 0 saturated carbocycles. The van der Waals surface area contributed by atoms with Crippen molar-refractivity contribution in [1.29, 1.82) is 0 Å². The Kier molecular flexibility index (Phi) is 2.33. The molecule has 0 bridgehead atoms. The van der Waals surface area contributed by atoms with E-state index in [2.05, 4.69) is 0 Å². The van der Waals surface area contributed by atoms with Crippen LogP contribution in [0, 0.1) is 6.92 Å². The fourth-order valence-corrected chi connectivity index (χ4v) is 1.70. The minimum absolute atomic E-state index is 0.0332. The topological polar surface area (TPSA) is 44.5 Å². The first-order valence-corrected chi connectivity index (χ1v) is 4.84. The monoisotopic (exact) mass is 193 g/mol. The lowest BCUT2D eigenvalue weighted by Crippen LogP contribution is -2.16. The van der Waals surface area contributed by atoms with Crippen LogP contribution in [0.5, 0.6) is 11.5 Å². The van der Waals surface area contributed by atoms with E-state index in [0.717, 1.165) is 22.6 Å². The van der Waals surface area contributed by atoms with Gasteiger partial charge in [-0.25, -0.2) is 0 Å². The van der Waals surface area contributed by atoms with Crippen molar-refractivity contribution in [3.05, 3.63) is 23.3 Å². The number of benzene rings is 1. The van der Waals surface area contributed by atoms with Crippen LogP contribution in [-0.4, -0.2) is 13.2 Å².